The van der Waals surface area contributed by atoms with Gasteiger partial charge in [0.2, 0.25) is 0 Å². The molecule has 1 heterocycles. The molecule has 88 valence electrons. The Morgan fingerprint density at radius 1 is 1.25 bits per heavy atom. The third kappa shape index (κ3) is 2.77. The number of nitrogens with one attached hydrogen (secondary N) is 1. The second kappa shape index (κ2) is 5.37. The van der Waals surface area contributed by atoms with Gasteiger partial charge in [0.15, 0.2) is 0 Å². The molecule has 0 aliphatic carbocycles. The van der Waals surface area contributed by atoms with Gasteiger partial charge >= 0.3 is 0 Å². The number of nitrogens with two attached hydrogens (primary N) is 1. The summed E-state index contributed by atoms with van der Waals surface area (Å²) in [5.41, 5.74) is 8.55. The standard InChI is InChI=1S/C13H18N2.ClH/c1-9(2)7-12(14)10-3-4-13-11(8-10)5-6-15-13;/h3-6,8-9,12,15H,7,14H2,1-2H3;1H/t12-;/m0./s1. The van der Waals surface area contributed by atoms with Crippen molar-refractivity contribution in [1.82, 2.24) is 4.98 Å². The Hall–Kier alpha value is -0.990. The number of H-pyrrole nitrogens is 1. The van der Waals surface area contributed by atoms with E-state index in [0.717, 1.165) is 6.42 Å². The molecule has 2 aromatic rings. The highest BCUT2D eigenvalue weighted by Crippen LogP contribution is 2.22. The molecule has 0 bridgehead atoms. The average Bonchev–Trinajstić information content (AvgIpc) is 2.62. The van der Waals surface area contributed by atoms with Crippen molar-refractivity contribution in [3.05, 3.63) is 36.0 Å². The number of hydrogen-bond acceptors (Lipinski definition) is 1. The van der Waals surface area contributed by atoms with Gasteiger partial charge in [-0.25, -0.2) is 0 Å². The van der Waals surface area contributed by atoms with Gasteiger partial charge in [-0.3, -0.25) is 0 Å². The number of fused-ring (bicyclic) bond motifs is 1. The first-order chi connectivity index (χ1) is 7.16. The summed E-state index contributed by atoms with van der Waals surface area (Å²) >= 11 is 0. The van der Waals surface area contributed by atoms with Crippen LogP contribution in [0, 0.1) is 5.92 Å². The van der Waals surface area contributed by atoms with Gasteiger partial charge in [-0.1, -0.05) is 19.9 Å². The number of hydrogen-bond donors (Lipinski definition) is 2. The first kappa shape index (κ1) is 13.1. The van der Waals surface area contributed by atoms with Crippen molar-refractivity contribution >= 4 is 23.3 Å². The molecule has 0 saturated carbocycles. The Bertz CT molecular complexity index is 448. The van der Waals surface area contributed by atoms with Crippen molar-refractivity contribution in [3.63, 3.8) is 0 Å². The van der Waals surface area contributed by atoms with Crippen LogP contribution < -0.4 is 5.73 Å². The molecule has 0 aliphatic heterocycles. The van der Waals surface area contributed by atoms with Crippen molar-refractivity contribution in [3.8, 4) is 0 Å². The molecule has 0 fully saturated rings. The summed E-state index contributed by atoms with van der Waals surface area (Å²) in [5, 5.41) is 1.24. The largest absolute Gasteiger partial charge is 0.361 e. The van der Waals surface area contributed by atoms with Crippen molar-refractivity contribution in [2.45, 2.75) is 26.3 Å². The van der Waals surface area contributed by atoms with Crippen LogP contribution in [0.1, 0.15) is 31.9 Å². The summed E-state index contributed by atoms with van der Waals surface area (Å²) < 4.78 is 0. The van der Waals surface area contributed by atoms with E-state index in [1.54, 1.807) is 0 Å². The second-order valence-corrected chi connectivity index (χ2v) is 4.56. The maximum absolute atomic E-state index is 6.15. The number of benzene rings is 1. The lowest BCUT2D eigenvalue weighted by Gasteiger charge is -2.14. The molecule has 0 saturated heterocycles. The zero-order valence-electron chi connectivity index (χ0n) is 9.73. The van der Waals surface area contributed by atoms with E-state index in [1.807, 2.05) is 6.20 Å². The van der Waals surface area contributed by atoms with E-state index in [0.29, 0.717) is 5.92 Å². The normalized spacial score (nSPS) is 12.8. The molecular weight excluding hydrogens is 220 g/mol. The van der Waals surface area contributed by atoms with E-state index in [9.17, 15) is 0 Å². The Kier molecular flexibility index (Phi) is 4.39. The molecule has 0 radical (unpaired) electrons. The van der Waals surface area contributed by atoms with Gasteiger partial charge in [0, 0.05) is 17.8 Å². The van der Waals surface area contributed by atoms with Crippen molar-refractivity contribution in [2.75, 3.05) is 0 Å². The Balaban J connectivity index is 0.00000128. The molecule has 2 nitrogen and oxygen atoms in total. The van der Waals surface area contributed by atoms with Gasteiger partial charge in [-0.2, -0.15) is 0 Å². The number of halogens is 1. The fourth-order valence-electron chi connectivity index (χ4n) is 1.95. The minimum atomic E-state index is 0. The summed E-state index contributed by atoms with van der Waals surface area (Å²) in [7, 11) is 0. The van der Waals surface area contributed by atoms with Gasteiger partial charge in [0.25, 0.3) is 0 Å². The van der Waals surface area contributed by atoms with Gasteiger partial charge in [-0.05, 0) is 41.5 Å². The van der Waals surface area contributed by atoms with Crippen LogP contribution >= 0.6 is 12.4 Å². The highest BCUT2D eigenvalue weighted by Gasteiger charge is 2.08. The minimum absolute atomic E-state index is 0. The molecule has 0 amide bonds. The lowest BCUT2D eigenvalue weighted by Crippen LogP contribution is -2.12. The Morgan fingerprint density at radius 2 is 2.00 bits per heavy atom. The first-order valence-electron chi connectivity index (χ1n) is 5.49. The molecule has 1 atom stereocenters. The van der Waals surface area contributed by atoms with Crippen LogP contribution in [0.5, 0.6) is 0 Å². The topological polar surface area (TPSA) is 41.8 Å². The maximum Gasteiger partial charge on any atom is 0.0454 e. The Labute approximate surface area is 103 Å². The lowest BCUT2D eigenvalue weighted by atomic mass is 9.97. The van der Waals surface area contributed by atoms with E-state index >= 15 is 0 Å². The van der Waals surface area contributed by atoms with E-state index < -0.39 is 0 Å². The third-order valence-electron chi connectivity index (χ3n) is 2.73. The van der Waals surface area contributed by atoms with Crippen molar-refractivity contribution in [2.24, 2.45) is 11.7 Å². The molecule has 1 aromatic heterocycles. The van der Waals surface area contributed by atoms with E-state index in [2.05, 4.69) is 43.1 Å². The number of rotatable bonds is 3. The van der Waals surface area contributed by atoms with Crippen LogP contribution in [0.15, 0.2) is 30.5 Å². The summed E-state index contributed by atoms with van der Waals surface area (Å²) in [6.45, 7) is 4.41. The summed E-state index contributed by atoms with van der Waals surface area (Å²) in [5.74, 6) is 0.641. The lowest BCUT2D eigenvalue weighted by molar-refractivity contribution is 0.510. The smallest absolute Gasteiger partial charge is 0.0454 e. The SMILES string of the molecule is CC(C)C[C@H](N)c1ccc2[nH]ccc2c1.Cl. The van der Waals surface area contributed by atoms with Gasteiger partial charge < -0.3 is 10.7 Å². The van der Waals surface area contributed by atoms with E-state index in [4.69, 9.17) is 5.73 Å². The van der Waals surface area contributed by atoms with Crippen LogP contribution in [-0.2, 0) is 0 Å². The molecule has 16 heavy (non-hydrogen) atoms. The zero-order chi connectivity index (χ0) is 10.8. The quantitative estimate of drug-likeness (QED) is 0.843. The number of aromatic nitrogens is 1. The minimum Gasteiger partial charge on any atom is -0.361 e. The molecule has 0 aliphatic rings. The van der Waals surface area contributed by atoms with Crippen LogP contribution in [0.3, 0.4) is 0 Å². The van der Waals surface area contributed by atoms with Crippen molar-refractivity contribution in [1.29, 1.82) is 0 Å². The highest BCUT2D eigenvalue weighted by molar-refractivity contribution is 5.85. The van der Waals surface area contributed by atoms with Gasteiger partial charge in [-0.15, -0.1) is 12.4 Å². The van der Waals surface area contributed by atoms with Crippen LogP contribution in [-0.4, -0.2) is 4.98 Å². The van der Waals surface area contributed by atoms with Gasteiger partial charge in [0.05, 0.1) is 0 Å². The molecule has 0 spiro atoms. The predicted octanol–water partition coefficient (Wildman–Crippen LogP) is 3.64. The molecular formula is C13H19ClN2. The Morgan fingerprint density at radius 3 is 2.69 bits per heavy atom. The average molecular weight is 239 g/mol. The third-order valence-corrected chi connectivity index (χ3v) is 2.73. The highest BCUT2D eigenvalue weighted by atomic mass is 35.5. The molecule has 3 heteroatoms. The summed E-state index contributed by atoms with van der Waals surface area (Å²) in [6.07, 6.45) is 3.00. The maximum atomic E-state index is 6.15. The van der Waals surface area contributed by atoms with Crippen LogP contribution in [0.2, 0.25) is 0 Å². The van der Waals surface area contributed by atoms with Crippen molar-refractivity contribution < 1.29 is 0 Å². The number of aromatic amines is 1. The molecule has 0 unspecified atom stereocenters. The predicted molar refractivity (Wildman–Crippen MR) is 71.9 cm³/mol. The summed E-state index contributed by atoms with van der Waals surface area (Å²) in [6, 6.07) is 8.64. The fraction of sp³-hybridized carbons (Fsp3) is 0.385. The molecule has 3 N–H and O–H groups in total. The van der Waals surface area contributed by atoms with E-state index in [1.165, 1.54) is 16.5 Å². The summed E-state index contributed by atoms with van der Waals surface area (Å²) in [4.78, 5) is 3.19. The molecule has 2 rings (SSSR count). The van der Waals surface area contributed by atoms with Crippen LogP contribution in [0.25, 0.3) is 10.9 Å². The molecule has 1 aromatic carbocycles. The van der Waals surface area contributed by atoms with Gasteiger partial charge in [0.1, 0.15) is 0 Å². The van der Waals surface area contributed by atoms with Crippen LogP contribution in [0.4, 0.5) is 0 Å². The second-order valence-electron chi connectivity index (χ2n) is 4.56. The fourth-order valence-corrected chi connectivity index (χ4v) is 1.95. The monoisotopic (exact) mass is 238 g/mol. The first-order valence-corrected chi connectivity index (χ1v) is 5.49. The zero-order valence-corrected chi connectivity index (χ0v) is 10.6. The van der Waals surface area contributed by atoms with E-state index in [-0.39, 0.29) is 18.4 Å².